The Morgan fingerprint density at radius 1 is 1.12 bits per heavy atom. The third kappa shape index (κ3) is 4.27. The molecule has 0 aromatic rings. The molecule has 0 spiro atoms. The van der Waals surface area contributed by atoms with Crippen LogP contribution in [0.3, 0.4) is 0 Å². The minimum atomic E-state index is 0.373. The van der Waals surface area contributed by atoms with E-state index in [0.29, 0.717) is 5.92 Å². The molecule has 1 aliphatic carbocycles. The van der Waals surface area contributed by atoms with E-state index in [1.54, 1.807) is 0 Å². The fraction of sp³-hybridized carbons (Fsp3) is 0.933. The van der Waals surface area contributed by atoms with E-state index in [9.17, 15) is 4.79 Å². The Morgan fingerprint density at radius 3 is 2.25 bits per heavy atom. The zero-order valence-corrected chi connectivity index (χ0v) is 11.2. The normalized spacial score (nSPS) is 29.7. The summed E-state index contributed by atoms with van der Waals surface area (Å²) in [4.78, 5) is 10.7. The topological polar surface area (TPSA) is 17.1 Å². The lowest BCUT2D eigenvalue weighted by atomic mass is 9.75. The van der Waals surface area contributed by atoms with Gasteiger partial charge in [-0.3, -0.25) is 0 Å². The minimum Gasteiger partial charge on any atom is -0.303 e. The summed E-state index contributed by atoms with van der Waals surface area (Å²) in [5, 5.41) is 0. The van der Waals surface area contributed by atoms with Crippen molar-refractivity contribution < 1.29 is 4.79 Å². The monoisotopic (exact) mass is 224 g/mol. The third-order valence-corrected chi connectivity index (χ3v) is 4.63. The molecule has 0 radical (unpaired) electrons. The molecular formula is C15H28O. The zero-order chi connectivity index (χ0) is 12.0. The molecular weight excluding hydrogens is 196 g/mol. The highest BCUT2D eigenvalue weighted by molar-refractivity contribution is 5.53. The maximum atomic E-state index is 10.7. The second kappa shape index (κ2) is 7.09. The van der Waals surface area contributed by atoms with E-state index in [0.717, 1.165) is 30.6 Å². The smallest absolute Gasteiger partial charge is 0.123 e. The molecule has 94 valence electrons. The fourth-order valence-corrected chi connectivity index (χ4v) is 2.84. The molecule has 0 N–H and O–H groups in total. The van der Waals surface area contributed by atoms with Crippen molar-refractivity contribution in [3.63, 3.8) is 0 Å². The molecule has 1 saturated carbocycles. The van der Waals surface area contributed by atoms with Crippen LogP contribution in [0.5, 0.6) is 0 Å². The first kappa shape index (κ1) is 13.7. The van der Waals surface area contributed by atoms with Gasteiger partial charge in [0.2, 0.25) is 0 Å². The number of hydrogen-bond donors (Lipinski definition) is 0. The van der Waals surface area contributed by atoms with Crippen LogP contribution in [0.25, 0.3) is 0 Å². The first-order valence-electron chi connectivity index (χ1n) is 7.12. The highest BCUT2D eigenvalue weighted by Crippen LogP contribution is 2.35. The molecule has 1 rings (SSSR count). The lowest BCUT2D eigenvalue weighted by Gasteiger charge is -2.30. The van der Waals surface area contributed by atoms with Gasteiger partial charge in [-0.05, 0) is 43.4 Å². The number of carbonyl (C=O) groups is 1. The van der Waals surface area contributed by atoms with Crippen LogP contribution in [0.4, 0.5) is 0 Å². The van der Waals surface area contributed by atoms with E-state index in [2.05, 4.69) is 20.8 Å². The first-order valence-corrected chi connectivity index (χ1v) is 7.12. The highest BCUT2D eigenvalue weighted by atomic mass is 16.1. The predicted octanol–water partition coefficient (Wildman–Crippen LogP) is 4.45. The lowest BCUT2D eigenvalue weighted by Crippen LogP contribution is -2.21. The lowest BCUT2D eigenvalue weighted by molar-refractivity contribution is -0.112. The van der Waals surface area contributed by atoms with Gasteiger partial charge in [0.15, 0.2) is 0 Å². The SMILES string of the molecule is CCC(C)CCC(C)C1CCC(C=O)CC1. The Hall–Kier alpha value is -0.330. The molecule has 0 heterocycles. The van der Waals surface area contributed by atoms with Gasteiger partial charge in [0, 0.05) is 5.92 Å². The average molecular weight is 224 g/mol. The van der Waals surface area contributed by atoms with Gasteiger partial charge in [0.05, 0.1) is 0 Å². The summed E-state index contributed by atoms with van der Waals surface area (Å²) in [7, 11) is 0. The van der Waals surface area contributed by atoms with Crippen molar-refractivity contribution in [2.75, 3.05) is 0 Å². The fourth-order valence-electron chi connectivity index (χ4n) is 2.84. The summed E-state index contributed by atoms with van der Waals surface area (Å²) >= 11 is 0. The quantitative estimate of drug-likeness (QED) is 0.609. The molecule has 0 saturated heterocycles. The van der Waals surface area contributed by atoms with Crippen molar-refractivity contribution in [2.45, 2.75) is 65.7 Å². The van der Waals surface area contributed by atoms with Crippen molar-refractivity contribution in [2.24, 2.45) is 23.7 Å². The molecule has 0 aromatic heterocycles. The van der Waals surface area contributed by atoms with Gasteiger partial charge in [-0.1, -0.05) is 40.0 Å². The van der Waals surface area contributed by atoms with Crippen molar-refractivity contribution in [3.05, 3.63) is 0 Å². The van der Waals surface area contributed by atoms with E-state index < -0.39 is 0 Å². The molecule has 2 unspecified atom stereocenters. The summed E-state index contributed by atoms with van der Waals surface area (Å²) in [6, 6.07) is 0. The summed E-state index contributed by atoms with van der Waals surface area (Å²) in [5.41, 5.74) is 0. The molecule has 2 atom stereocenters. The average Bonchev–Trinajstić information content (AvgIpc) is 2.35. The van der Waals surface area contributed by atoms with Crippen molar-refractivity contribution in [1.29, 1.82) is 0 Å². The van der Waals surface area contributed by atoms with Gasteiger partial charge < -0.3 is 4.79 Å². The Bertz CT molecular complexity index is 192. The van der Waals surface area contributed by atoms with E-state index in [1.165, 1.54) is 38.4 Å². The number of hydrogen-bond acceptors (Lipinski definition) is 1. The van der Waals surface area contributed by atoms with Crippen LogP contribution in [-0.2, 0) is 4.79 Å². The van der Waals surface area contributed by atoms with Crippen LogP contribution < -0.4 is 0 Å². The Kier molecular flexibility index (Phi) is 6.08. The van der Waals surface area contributed by atoms with Crippen LogP contribution in [0.2, 0.25) is 0 Å². The van der Waals surface area contributed by atoms with Crippen LogP contribution in [0.15, 0.2) is 0 Å². The van der Waals surface area contributed by atoms with E-state index in [4.69, 9.17) is 0 Å². The van der Waals surface area contributed by atoms with Crippen LogP contribution in [-0.4, -0.2) is 6.29 Å². The largest absolute Gasteiger partial charge is 0.303 e. The highest BCUT2D eigenvalue weighted by Gasteiger charge is 2.24. The summed E-state index contributed by atoms with van der Waals surface area (Å²) < 4.78 is 0. The van der Waals surface area contributed by atoms with Crippen molar-refractivity contribution >= 4 is 6.29 Å². The summed E-state index contributed by atoms with van der Waals surface area (Å²) in [5.74, 6) is 3.01. The van der Waals surface area contributed by atoms with Gasteiger partial charge in [-0.2, -0.15) is 0 Å². The van der Waals surface area contributed by atoms with Crippen molar-refractivity contribution in [1.82, 2.24) is 0 Å². The maximum Gasteiger partial charge on any atom is 0.123 e. The van der Waals surface area contributed by atoms with E-state index in [1.807, 2.05) is 0 Å². The Labute approximate surface area is 101 Å². The molecule has 0 bridgehead atoms. The molecule has 0 amide bonds. The zero-order valence-electron chi connectivity index (χ0n) is 11.2. The molecule has 1 heteroatoms. The van der Waals surface area contributed by atoms with Crippen LogP contribution in [0.1, 0.15) is 65.7 Å². The van der Waals surface area contributed by atoms with Gasteiger partial charge in [-0.25, -0.2) is 0 Å². The molecule has 1 aliphatic rings. The number of carbonyl (C=O) groups excluding carboxylic acids is 1. The molecule has 16 heavy (non-hydrogen) atoms. The molecule has 1 nitrogen and oxygen atoms in total. The Balaban J connectivity index is 2.22. The second-order valence-corrected chi connectivity index (χ2v) is 5.88. The van der Waals surface area contributed by atoms with E-state index >= 15 is 0 Å². The summed E-state index contributed by atoms with van der Waals surface area (Å²) in [6.45, 7) is 7.05. The van der Waals surface area contributed by atoms with Crippen molar-refractivity contribution in [3.8, 4) is 0 Å². The first-order chi connectivity index (χ1) is 7.67. The predicted molar refractivity (Wildman–Crippen MR) is 69.4 cm³/mol. The Morgan fingerprint density at radius 2 is 1.75 bits per heavy atom. The van der Waals surface area contributed by atoms with Gasteiger partial charge >= 0.3 is 0 Å². The van der Waals surface area contributed by atoms with E-state index in [-0.39, 0.29) is 0 Å². The van der Waals surface area contributed by atoms with Gasteiger partial charge in [0.1, 0.15) is 6.29 Å². The minimum absolute atomic E-state index is 0.373. The molecule has 0 aliphatic heterocycles. The van der Waals surface area contributed by atoms with Crippen LogP contribution in [0, 0.1) is 23.7 Å². The van der Waals surface area contributed by atoms with Crippen LogP contribution >= 0.6 is 0 Å². The van der Waals surface area contributed by atoms with Gasteiger partial charge in [0.25, 0.3) is 0 Å². The number of aldehydes is 1. The third-order valence-electron chi connectivity index (χ3n) is 4.63. The molecule has 1 fully saturated rings. The standard InChI is InChI=1S/C15H28O/c1-4-12(2)5-6-13(3)15-9-7-14(11-16)8-10-15/h11-15H,4-10H2,1-3H3. The molecule has 0 aromatic carbocycles. The van der Waals surface area contributed by atoms with Gasteiger partial charge in [-0.15, -0.1) is 0 Å². The summed E-state index contributed by atoms with van der Waals surface area (Å²) in [6.07, 6.45) is 10.1. The maximum absolute atomic E-state index is 10.7. The second-order valence-electron chi connectivity index (χ2n) is 5.88. The number of rotatable bonds is 6.